The molecule has 20 heavy (non-hydrogen) atoms. The maximum absolute atomic E-state index is 8.72. The molecule has 1 aromatic carbocycles. The first-order valence-electron chi connectivity index (χ1n) is 7.23. The lowest BCUT2D eigenvalue weighted by Crippen LogP contribution is -2.32. The molecule has 0 aliphatic carbocycles. The molecule has 4 nitrogen and oxygen atoms in total. The molecule has 1 aromatic rings. The summed E-state index contributed by atoms with van der Waals surface area (Å²) in [5, 5.41) is 15.3. The van der Waals surface area contributed by atoms with Crippen LogP contribution in [0.4, 0.5) is 0 Å². The maximum Gasteiger partial charge on any atom is 0.144 e. The number of oxime groups is 1. The Kier molecular flexibility index (Phi) is 6.52. The number of hydrogen-bond donors (Lipinski definition) is 3. The van der Waals surface area contributed by atoms with E-state index in [1.54, 1.807) is 0 Å². The molecule has 0 fully saturated rings. The third-order valence-corrected chi connectivity index (χ3v) is 3.78. The number of benzene rings is 1. The van der Waals surface area contributed by atoms with Gasteiger partial charge in [-0.05, 0) is 31.9 Å². The van der Waals surface area contributed by atoms with Gasteiger partial charge in [0, 0.05) is 11.5 Å². The number of amidine groups is 1. The molecule has 0 aliphatic rings. The molecule has 0 saturated heterocycles. The Morgan fingerprint density at radius 1 is 1.30 bits per heavy atom. The van der Waals surface area contributed by atoms with Crippen molar-refractivity contribution in [1.29, 1.82) is 0 Å². The van der Waals surface area contributed by atoms with Crippen molar-refractivity contribution >= 4 is 5.84 Å². The number of nitrogens with zero attached hydrogens (tertiary/aromatic N) is 1. The van der Waals surface area contributed by atoms with Gasteiger partial charge in [0.25, 0.3) is 0 Å². The van der Waals surface area contributed by atoms with Crippen LogP contribution in [0.1, 0.15) is 51.6 Å². The standard InChI is InChI=1S/C16H27N3O/c1-13(14-9-5-4-6-10-14)18-12-8-7-11-16(2,3)15(17)19-20/h4-6,9-10,13,18,20H,7-8,11-12H2,1-3H3,(H2,17,19). The van der Waals surface area contributed by atoms with Gasteiger partial charge in [0.05, 0.1) is 0 Å². The molecule has 0 aliphatic heterocycles. The van der Waals surface area contributed by atoms with Crippen molar-refractivity contribution in [3.8, 4) is 0 Å². The fourth-order valence-corrected chi connectivity index (χ4v) is 2.13. The monoisotopic (exact) mass is 277 g/mol. The second-order valence-corrected chi connectivity index (χ2v) is 5.91. The number of hydrogen-bond acceptors (Lipinski definition) is 3. The van der Waals surface area contributed by atoms with E-state index < -0.39 is 0 Å². The van der Waals surface area contributed by atoms with E-state index in [1.165, 1.54) is 5.56 Å². The summed E-state index contributed by atoms with van der Waals surface area (Å²) in [5.41, 5.74) is 6.75. The Morgan fingerprint density at radius 2 is 1.95 bits per heavy atom. The van der Waals surface area contributed by atoms with Gasteiger partial charge < -0.3 is 16.3 Å². The molecule has 0 bridgehead atoms. The smallest absolute Gasteiger partial charge is 0.144 e. The highest BCUT2D eigenvalue weighted by atomic mass is 16.4. The summed E-state index contributed by atoms with van der Waals surface area (Å²) in [5.74, 6) is 0.308. The summed E-state index contributed by atoms with van der Waals surface area (Å²) in [4.78, 5) is 0. The second-order valence-electron chi connectivity index (χ2n) is 5.91. The summed E-state index contributed by atoms with van der Waals surface area (Å²) in [7, 11) is 0. The van der Waals surface area contributed by atoms with Gasteiger partial charge in [0.2, 0.25) is 0 Å². The number of unbranched alkanes of at least 4 members (excludes halogenated alkanes) is 1. The quantitative estimate of drug-likeness (QED) is 0.224. The highest BCUT2D eigenvalue weighted by Gasteiger charge is 2.22. The fraction of sp³-hybridized carbons (Fsp3) is 0.562. The Labute approximate surface area is 122 Å². The number of nitrogens with one attached hydrogen (secondary N) is 1. The van der Waals surface area contributed by atoms with Gasteiger partial charge in [-0.15, -0.1) is 0 Å². The Morgan fingerprint density at radius 3 is 2.55 bits per heavy atom. The minimum atomic E-state index is -0.236. The highest BCUT2D eigenvalue weighted by molar-refractivity contribution is 5.85. The third-order valence-electron chi connectivity index (χ3n) is 3.78. The first-order chi connectivity index (χ1) is 9.47. The van der Waals surface area contributed by atoms with Crippen LogP contribution in [0.25, 0.3) is 0 Å². The molecule has 1 unspecified atom stereocenters. The van der Waals surface area contributed by atoms with E-state index in [2.05, 4.69) is 41.7 Å². The van der Waals surface area contributed by atoms with E-state index in [-0.39, 0.29) is 5.41 Å². The van der Waals surface area contributed by atoms with Crippen molar-refractivity contribution in [3.63, 3.8) is 0 Å². The largest absolute Gasteiger partial charge is 0.409 e. The van der Waals surface area contributed by atoms with Gasteiger partial charge in [-0.1, -0.05) is 55.8 Å². The maximum atomic E-state index is 8.72. The predicted octanol–water partition coefficient (Wildman–Crippen LogP) is 3.28. The van der Waals surface area contributed by atoms with Crippen LogP contribution < -0.4 is 11.1 Å². The van der Waals surface area contributed by atoms with Gasteiger partial charge in [0.1, 0.15) is 5.84 Å². The molecule has 0 heterocycles. The molecule has 1 rings (SSSR count). The van der Waals surface area contributed by atoms with Crippen molar-refractivity contribution < 1.29 is 5.21 Å². The van der Waals surface area contributed by atoms with Crippen LogP contribution in [0.3, 0.4) is 0 Å². The van der Waals surface area contributed by atoms with E-state index in [0.29, 0.717) is 11.9 Å². The molecule has 0 amide bonds. The lowest BCUT2D eigenvalue weighted by atomic mass is 9.86. The fourth-order valence-electron chi connectivity index (χ4n) is 2.13. The zero-order valence-corrected chi connectivity index (χ0v) is 12.8. The van der Waals surface area contributed by atoms with E-state index in [0.717, 1.165) is 25.8 Å². The average molecular weight is 277 g/mol. The molecule has 4 N–H and O–H groups in total. The molecule has 0 radical (unpaired) electrons. The minimum absolute atomic E-state index is 0.236. The van der Waals surface area contributed by atoms with E-state index in [1.807, 2.05) is 19.9 Å². The van der Waals surface area contributed by atoms with E-state index >= 15 is 0 Å². The second kappa shape index (κ2) is 7.90. The van der Waals surface area contributed by atoms with Gasteiger partial charge in [-0.25, -0.2) is 0 Å². The predicted molar refractivity (Wildman–Crippen MR) is 83.9 cm³/mol. The Bertz CT molecular complexity index is 415. The van der Waals surface area contributed by atoms with Gasteiger partial charge in [0.15, 0.2) is 0 Å². The molecule has 0 spiro atoms. The van der Waals surface area contributed by atoms with Crippen LogP contribution in [-0.2, 0) is 0 Å². The third kappa shape index (κ3) is 5.21. The Hall–Kier alpha value is -1.55. The average Bonchev–Trinajstić information content (AvgIpc) is 2.46. The van der Waals surface area contributed by atoms with Crippen LogP contribution in [0.2, 0.25) is 0 Å². The first kappa shape index (κ1) is 16.5. The number of rotatable bonds is 8. The summed E-state index contributed by atoms with van der Waals surface area (Å²) in [6, 6.07) is 10.8. The van der Waals surface area contributed by atoms with Gasteiger partial charge >= 0.3 is 0 Å². The zero-order chi connectivity index (χ0) is 15.0. The van der Waals surface area contributed by atoms with Crippen molar-refractivity contribution in [2.24, 2.45) is 16.3 Å². The summed E-state index contributed by atoms with van der Waals surface area (Å²) in [6.45, 7) is 7.15. The van der Waals surface area contributed by atoms with Crippen LogP contribution in [-0.4, -0.2) is 17.6 Å². The molecule has 4 heteroatoms. The Balaban J connectivity index is 2.23. The van der Waals surface area contributed by atoms with Crippen molar-refractivity contribution in [2.75, 3.05) is 6.54 Å². The van der Waals surface area contributed by atoms with Crippen molar-refractivity contribution in [1.82, 2.24) is 5.32 Å². The van der Waals surface area contributed by atoms with Crippen LogP contribution in [0, 0.1) is 5.41 Å². The van der Waals surface area contributed by atoms with Gasteiger partial charge in [-0.3, -0.25) is 0 Å². The van der Waals surface area contributed by atoms with Crippen LogP contribution in [0.15, 0.2) is 35.5 Å². The lowest BCUT2D eigenvalue weighted by molar-refractivity contribution is 0.304. The molecular weight excluding hydrogens is 250 g/mol. The van der Waals surface area contributed by atoms with Crippen LogP contribution in [0.5, 0.6) is 0 Å². The summed E-state index contributed by atoms with van der Waals surface area (Å²) >= 11 is 0. The molecule has 0 saturated carbocycles. The molecule has 0 aromatic heterocycles. The molecular formula is C16H27N3O. The van der Waals surface area contributed by atoms with Crippen LogP contribution >= 0.6 is 0 Å². The summed E-state index contributed by atoms with van der Waals surface area (Å²) in [6.07, 6.45) is 3.06. The zero-order valence-electron chi connectivity index (χ0n) is 12.8. The van der Waals surface area contributed by atoms with E-state index in [9.17, 15) is 0 Å². The SMILES string of the molecule is CC(NCCCCC(C)(C)/C(N)=N/O)c1ccccc1. The minimum Gasteiger partial charge on any atom is -0.409 e. The van der Waals surface area contributed by atoms with Crippen molar-refractivity contribution in [2.45, 2.75) is 46.1 Å². The topological polar surface area (TPSA) is 70.6 Å². The number of nitrogens with two attached hydrogens (primary N) is 1. The first-order valence-corrected chi connectivity index (χ1v) is 7.23. The van der Waals surface area contributed by atoms with Crippen molar-refractivity contribution in [3.05, 3.63) is 35.9 Å². The van der Waals surface area contributed by atoms with E-state index in [4.69, 9.17) is 10.9 Å². The lowest BCUT2D eigenvalue weighted by Gasteiger charge is -2.22. The normalized spacial score (nSPS) is 14.2. The van der Waals surface area contributed by atoms with Gasteiger partial charge in [-0.2, -0.15) is 0 Å². The molecule has 1 atom stereocenters. The highest BCUT2D eigenvalue weighted by Crippen LogP contribution is 2.23. The molecule has 112 valence electrons. The summed E-state index contributed by atoms with van der Waals surface area (Å²) < 4.78 is 0.